The van der Waals surface area contributed by atoms with Gasteiger partial charge in [0, 0.05) is 11.3 Å². The molecule has 4 N–H and O–H groups in total. The lowest BCUT2D eigenvalue weighted by atomic mass is 10.0. The number of rotatable bonds is 7. The molecule has 0 radical (unpaired) electrons. The number of carboxylic acids is 1. The van der Waals surface area contributed by atoms with Crippen molar-refractivity contribution in [3.05, 3.63) is 29.8 Å². The van der Waals surface area contributed by atoms with Crippen LogP contribution in [-0.4, -0.2) is 28.9 Å². The smallest absolute Gasteiger partial charge is 0.320 e. The van der Waals surface area contributed by atoms with Gasteiger partial charge in [-0.2, -0.15) is 0 Å². The van der Waals surface area contributed by atoms with Crippen LogP contribution >= 0.6 is 0 Å². The molecule has 0 spiro atoms. The first-order valence-corrected chi connectivity index (χ1v) is 6.38. The molecule has 1 rings (SSSR count). The van der Waals surface area contributed by atoms with E-state index in [2.05, 4.69) is 5.32 Å². The van der Waals surface area contributed by atoms with Crippen LogP contribution in [0, 0.1) is 0 Å². The fourth-order valence-corrected chi connectivity index (χ4v) is 1.83. The molecule has 0 aromatic heterocycles. The predicted molar refractivity (Wildman–Crippen MR) is 74.1 cm³/mol. The normalized spacial score (nSPS) is 13.8. The van der Waals surface area contributed by atoms with Gasteiger partial charge in [-0.25, -0.2) is 0 Å². The van der Waals surface area contributed by atoms with Gasteiger partial charge in [0.1, 0.15) is 6.04 Å². The number of hydrogen-bond donors (Lipinski definition) is 3. The van der Waals surface area contributed by atoms with E-state index in [1.807, 2.05) is 6.92 Å². The van der Waals surface area contributed by atoms with Gasteiger partial charge >= 0.3 is 5.97 Å². The van der Waals surface area contributed by atoms with Crippen LogP contribution in [0.15, 0.2) is 24.3 Å². The molecule has 1 aromatic rings. The number of nitrogens with one attached hydrogen (secondary N) is 1. The molecule has 0 heterocycles. The number of Topliss-reactive ketones (excluding diaryl/α,β-unsaturated/α-hetero) is 1. The van der Waals surface area contributed by atoms with Crippen molar-refractivity contribution in [2.24, 2.45) is 0 Å². The zero-order valence-electron chi connectivity index (χ0n) is 11.2. The van der Waals surface area contributed by atoms with Gasteiger partial charge in [-0.3, -0.25) is 14.9 Å². The number of nitrogen functional groups attached to an aromatic ring is 1. The molecule has 2 unspecified atom stereocenters. The molecule has 0 saturated carbocycles. The van der Waals surface area contributed by atoms with Crippen molar-refractivity contribution in [2.75, 3.05) is 5.73 Å². The number of carboxylic acid groups (broad SMARTS) is 1. The Morgan fingerprint density at radius 1 is 1.16 bits per heavy atom. The second-order valence-electron chi connectivity index (χ2n) is 4.41. The lowest BCUT2D eigenvalue weighted by Gasteiger charge is -2.20. The maximum Gasteiger partial charge on any atom is 0.320 e. The van der Waals surface area contributed by atoms with Crippen molar-refractivity contribution >= 4 is 17.4 Å². The van der Waals surface area contributed by atoms with Gasteiger partial charge < -0.3 is 10.8 Å². The summed E-state index contributed by atoms with van der Waals surface area (Å²) in [7, 11) is 0. The summed E-state index contributed by atoms with van der Waals surface area (Å²) in [6.45, 7) is 3.62. The quantitative estimate of drug-likeness (QED) is 0.514. The van der Waals surface area contributed by atoms with Crippen molar-refractivity contribution in [1.29, 1.82) is 0 Å². The highest BCUT2D eigenvalue weighted by Gasteiger charge is 2.24. The topological polar surface area (TPSA) is 92.4 Å². The Hall–Kier alpha value is -1.88. The van der Waals surface area contributed by atoms with E-state index in [1.54, 1.807) is 31.2 Å². The standard InChI is InChI=1S/C14H20N2O3/c1-3-11(16-12(4-2)14(18)19)13(17)9-5-7-10(15)8-6-9/h5-8,11-12,16H,3-4,15H2,1-2H3,(H,18,19). The van der Waals surface area contributed by atoms with Crippen LogP contribution in [0.2, 0.25) is 0 Å². The minimum Gasteiger partial charge on any atom is -0.480 e. The van der Waals surface area contributed by atoms with Crippen molar-refractivity contribution in [3.63, 3.8) is 0 Å². The van der Waals surface area contributed by atoms with Crippen LogP contribution in [0.3, 0.4) is 0 Å². The van der Waals surface area contributed by atoms with Crippen LogP contribution in [0.5, 0.6) is 0 Å². The van der Waals surface area contributed by atoms with E-state index in [-0.39, 0.29) is 5.78 Å². The molecule has 0 aliphatic carbocycles. The number of nitrogens with two attached hydrogens (primary N) is 1. The number of aliphatic carboxylic acids is 1. The summed E-state index contributed by atoms with van der Waals surface area (Å²) in [4.78, 5) is 23.3. The Balaban J connectivity index is 2.82. The average molecular weight is 264 g/mol. The van der Waals surface area contributed by atoms with Crippen molar-refractivity contribution in [3.8, 4) is 0 Å². The lowest BCUT2D eigenvalue weighted by Crippen LogP contribution is -2.46. The highest BCUT2D eigenvalue weighted by Crippen LogP contribution is 2.10. The Kier molecular flexibility index (Phi) is 5.51. The first kappa shape index (κ1) is 15.2. The number of carbonyl (C=O) groups is 2. The summed E-state index contributed by atoms with van der Waals surface area (Å²) < 4.78 is 0. The third kappa shape index (κ3) is 4.06. The van der Waals surface area contributed by atoms with Gasteiger partial charge in [0.2, 0.25) is 0 Å². The number of hydrogen-bond acceptors (Lipinski definition) is 4. The highest BCUT2D eigenvalue weighted by molar-refractivity contribution is 6.00. The van der Waals surface area contributed by atoms with E-state index in [9.17, 15) is 9.59 Å². The molecular formula is C14H20N2O3. The minimum absolute atomic E-state index is 0.109. The van der Waals surface area contributed by atoms with E-state index in [0.717, 1.165) is 0 Å². The van der Waals surface area contributed by atoms with Gasteiger partial charge in [-0.05, 0) is 37.1 Å². The zero-order chi connectivity index (χ0) is 14.4. The molecular weight excluding hydrogens is 244 g/mol. The SMILES string of the molecule is CCC(NC(CC)C(=O)c1ccc(N)cc1)C(=O)O. The van der Waals surface area contributed by atoms with E-state index in [0.29, 0.717) is 24.1 Å². The van der Waals surface area contributed by atoms with Crippen LogP contribution in [0.1, 0.15) is 37.0 Å². The van der Waals surface area contributed by atoms with Crippen molar-refractivity contribution < 1.29 is 14.7 Å². The second-order valence-corrected chi connectivity index (χ2v) is 4.41. The van der Waals surface area contributed by atoms with Gasteiger partial charge in [-0.1, -0.05) is 13.8 Å². The van der Waals surface area contributed by atoms with Gasteiger partial charge in [0.25, 0.3) is 0 Å². The van der Waals surface area contributed by atoms with Crippen molar-refractivity contribution in [1.82, 2.24) is 5.32 Å². The van der Waals surface area contributed by atoms with Crippen molar-refractivity contribution in [2.45, 2.75) is 38.8 Å². The molecule has 0 amide bonds. The van der Waals surface area contributed by atoms with Crippen LogP contribution in [-0.2, 0) is 4.79 Å². The summed E-state index contributed by atoms with van der Waals surface area (Å²) in [6, 6.07) is 5.43. The maximum atomic E-state index is 12.3. The Morgan fingerprint density at radius 3 is 2.11 bits per heavy atom. The largest absolute Gasteiger partial charge is 0.480 e. The number of carbonyl (C=O) groups excluding carboxylic acids is 1. The Bertz CT molecular complexity index is 443. The monoisotopic (exact) mass is 264 g/mol. The summed E-state index contributed by atoms with van der Waals surface area (Å²) in [5.74, 6) is -1.05. The minimum atomic E-state index is -0.939. The summed E-state index contributed by atoms with van der Waals surface area (Å²) in [6.07, 6.45) is 0.966. The predicted octanol–water partition coefficient (Wildman–Crippen LogP) is 1.68. The maximum absolute atomic E-state index is 12.3. The van der Waals surface area contributed by atoms with E-state index < -0.39 is 18.1 Å². The van der Waals surface area contributed by atoms with Crippen LogP contribution < -0.4 is 11.1 Å². The van der Waals surface area contributed by atoms with Gasteiger partial charge in [0.15, 0.2) is 5.78 Å². The molecule has 0 aliphatic heterocycles. The third-order valence-electron chi connectivity index (χ3n) is 3.03. The Labute approximate surface area is 112 Å². The molecule has 5 heteroatoms. The first-order chi connectivity index (χ1) is 8.99. The number of ketones is 1. The van der Waals surface area contributed by atoms with Gasteiger partial charge in [0.05, 0.1) is 6.04 Å². The third-order valence-corrected chi connectivity index (χ3v) is 3.03. The average Bonchev–Trinajstić information content (AvgIpc) is 2.40. The molecule has 0 saturated heterocycles. The molecule has 19 heavy (non-hydrogen) atoms. The molecule has 0 fully saturated rings. The number of anilines is 1. The number of benzene rings is 1. The summed E-state index contributed by atoms with van der Waals surface area (Å²) in [5.41, 5.74) is 6.70. The van der Waals surface area contributed by atoms with E-state index in [4.69, 9.17) is 10.8 Å². The lowest BCUT2D eigenvalue weighted by molar-refractivity contribution is -0.139. The van der Waals surface area contributed by atoms with E-state index in [1.165, 1.54) is 0 Å². The summed E-state index contributed by atoms with van der Waals surface area (Å²) >= 11 is 0. The van der Waals surface area contributed by atoms with Gasteiger partial charge in [-0.15, -0.1) is 0 Å². The molecule has 5 nitrogen and oxygen atoms in total. The second kappa shape index (κ2) is 6.89. The molecule has 0 aliphatic rings. The first-order valence-electron chi connectivity index (χ1n) is 6.38. The fourth-order valence-electron chi connectivity index (χ4n) is 1.83. The summed E-state index contributed by atoms with van der Waals surface area (Å²) in [5, 5.41) is 11.9. The zero-order valence-corrected chi connectivity index (χ0v) is 11.2. The molecule has 0 bridgehead atoms. The molecule has 104 valence electrons. The van der Waals surface area contributed by atoms with Crippen LogP contribution in [0.25, 0.3) is 0 Å². The van der Waals surface area contributed by atoms with Crippen LogP contribution in [0.4, 0.5) is 5.69 Å². The van der Waals surface area contributed by atoms with E-state index >= 15 is 0 Å². The molecule has 1 aromatic carbocycles. The highest BCUT2D eigenvalue weighted by atomic mass is 16.4. The fraction of sp³-hybridized carbons (Fsp3) is 0.429. The molecule has 2 atom stereocenters. The Morgan fingerprint density at radius 2 is 1.68 bits per heavy atom.